The van der Waals surface area contributed by atoms with E-state index in [-0.39, 0.29) is 11.9 Å². The van der Waals surface area contributed by atoms with Crippen LogP contribution in [0.25, 0.3) is 0 Å². The van der Waals surface area contributed by atoms with Crippen molar-refractivity contribution in [2.45, 2.75) is 40.2 Å². The zero-order valence-corrected chi connectivity index (χ0v) is 12.9. The van der Waals surface area contributed by atoms with Crippen LogP contribution in [0.5, 0.6) is 11.5 Å². The lowest BCUT2D eigenvalue weighted by atomic mass is 10.0. The molecule has 0 spiro atoms. The Labute approximate surface area is 125 Å². The molecule has 4 heteroatoms. The van der Waals surface area contributed by atoms with Gasteiger partial charge in [0.05, 0.1) is 5.69 Å². The predicted molar refractivity (Wildman–Crippen MR) is 82.2 cm³/mol. The van der Waals surface area contributed by atoms with Crippen molar-refractivity contribution in [2.24, 2.45) is 5.73 Å². The summed E-state index contributed by atoms with van der Waals surface area (Å²) in [4.78, 5) is 4.47. The van der Waals surface area contributed by atoms with Crippen molar-refractivity contribution < 1.29 is 9.13 Å². The molecular formula is C17H21FN2O. The van der Waals surface area contributed by atoms with Gasteiger partial charge in [0.1, 0.15) is 17.3 Å². The molecule has 1 heterocycles. The Morgan fingerprint density at radius 2 is 1.95 bits per heavy atom. The first-order chi connectivity index (χ1) is 9.92. The summed E-state index contributed by atoms with van der Waals surface area (Å²) < 4.78 is 19.7. The highest BCUT2D eigenvalue weighted by Gasteiger charge is 2.14. The van der Waals surface area contributed by atoms with E-state index in [1.165, 1.54) is 6.07 Å². The molecule has 1 atom stereocenters. The summed E-state index contributed by atoms with van der Waals surface area (Å²) in [6, 6.07) is 6.62. The van der Waals surface area contributed by atoms with Crippen LogP contribution in [-0.4, -0.2) is 4.98 Å². The number of benzene rings is 1. The topological polar surface area (TPSA) is 48.1 Å². The Bertz CT molecular complexity index is 653. The summed E-state index contributed by atoms with van der Waals surface area (Å²) in [5.41, 5.74) is 8.94. The van der Waals surface area contributed by atoms with Crippen LogP contribution in [0.4, 0.5) is 4.39 Å². The number of hydrogen-bond donors (Lipinski definition) is 1. The Morgan fingerprint density at radius 3 is 2.57 bits per heavy atom. The van der Waals surface area contributed by atoms with Gasteiger partial charge in [-0.05, 0) is 57.0 Å². The molecule has 1 aromatic carbocycles. The minimum absolute atomic E-state index is 0.271. The van der Waals surface area contributed by atoms with E-state index < -0.39 is 0 Å². The maximum absolute atomic E-state index is 13.7. The van der Waals surface area contributed by atoms with Crippen molar-refractivity contribution in [1.29, 1.82) is 0 Å². The molecule has 0 aliphatic carbocycles. The minimum Gasteiger partial charge on any atom is -0.455 e. The van der Waals surface area contributed by atoms with Gasteiger partial charge in [0, 0.05) is 17.3 Å². The molecule has 0 radical (unpaired) electrons. The lowest BCUT2D eigenvalue weighted by Crippen LogP contribution is -2.08. The Hall–Kier alpha value is -1.94. The van der Waals surface area contributed by atoms with Gasteiger partial charge in [-0.25, -0.2) is 4.39 Å². The van der Waals surface area contributed by atoms with Crippen LogP contribution < -0.4 is 10.5 Å². The van der Waals surface area contributed by atoms with Crippen molar-refractivity contribution in [1.82, 2.24) is 4.98 Å². The smallest absolute Gasteiger partial charge is 0.148 e. The first-order valence-corrected chi connectivity index (χ1v) is 7.12. The zero-order valence-electron chi connectivity index (χ0n) is 12.9. The van der Waals surface area contributed by atoms with E-state index in [9.17, 15) is 4.39 Å². The molecular weight excluding hydrogens is 267 g/mol. The molecule has 0 fully saturated rings. The number of halogens is 1. The van der Waals surface area contributed by atoms with Gasteiger partial charge in [0.2, 0.25) is 0 Å². The van der Waals surface area contributed by atoms with Crippen LogP contribution in [0.15, 0.2) is 24.3 Å². The SMILES string of the molecule is CCc1nc(C)ccc1Oc1cc(C)c(F)cc1C(C)N. The summed E-state index contributed by atoms with van der Waals surface area (Å²) in [5.74, 6) is 1.01. The van der Waals surface area contributed by atoms with Crippen molar-refractivity contribution in [3.05, 3.63) is 52.6 Å². The molecule has 3 nitrogen and oxygen atoms in total. The third kappa shape index (κ3) is 3.39. The summed E-state index contributed by atoms with van der Waals surface area (Å²) in [7, 11) is 0. The number of aromatic nitrogens is 1. The van der Waals surface area contributed by atoms with Crippen LogP contribution in [0, 0.1) is 19.7 Å². The van der Waals surface area contributed by atoms with Gasteiger partial charge in [0.25, 0.3) is 0 Å². The van der Waals surface area contributed by atoms with Crippen LogP contribution in [0.1, 0.15) is 42.4 Å². The summed E-state index contributed by atoms with van der Waals surface area (Å²) in [5, 5.41) is 0. The van der Waals surface area contributed by atoms with E-state index in [1.807, 2.05) is 32.9 Å². The largest absolute Gasteiger partial charge is 0.455 e. The monoisotopic (exact) mass is 288 g/mol. The van der Waals surface area contributed by atoms with Crippen LogP contribution in [0.3, 0.4) is 0 Å². The van der Waals surface area contributed by atoms with Crippen LogP contribution in [0.2, 0.25) is 0 Å². The third-order valence-corrected chi connectivity index (χ3v) is 3.41. The van der Waals surface area contributed by atoms with E-state index in [0.29, 0.717) is 22.6 Å². The average molecular weight is 288 g/mol. The fourth-order valence-corrected chi connectivity index (χ4v) is 2.18. The maximum atomic E-state index is 13.7. The molecule has 0 amide bonds. The van der Waals surface area contributed by atoms with E-state index in [4.69, 9.17) is 10.5 Å². The number of nitrogens with zero attached hydrogens (tertiary/aromatic N) is 1. The average Bonchev–Trinajstić information content (AvgIpc) is 2.44. The number of rotatable bonds is 4. The predicted octanol–water partition coefficient (Wildman–Crippen LogP) is 4.21. The second-order valence-corrected chi connectivity index (χ2v) is 5.28. The quantitative estimate of drug-likeness (QED) is 0.916. The summed E-state index contributed by atoms with van der Waals surface area (Å²) >= 11 is 0. The molecule has 112 valence electrons. The van der Waals surface area contributed by atoms with E-state index in [1.54, 1.807) is 13.0 Å². The lowest BCUT2D eigenvalue weighted by Gasteiger charge is -2.16. The number of nitrogens with two attached hydrogens (primary N) is 1. The Balaban J connectivity index is 2.46. The molecule has 0 bridgehead atoms. The first kappa shape index (κ1) is 15.4. The normalized spacial score (nSPS) is 12.3. The molecule has 1 unspecified atom stereocenters. The zero-order chi connectivity index (χ0) is 15.6. The molecule has 0 aliphatic rings. The van der Waals surface area contributed by atoms with Crippen molar-refractivity contribution in [3.63, 3.8) is 0 Å². The fourth-order valence-electron chi connectivity index (χ4n) is 2.18. The summed E-state index contributed by atoms with van der Waals surface area (Å²) in [6.45, 7) is 7.49. The van der Waals surface area contributed by atoms with Gasteiger partial charge < -0.3 is 10.5 Å². The first-order valence-electron chi connectivity index (χ1n) is 7.12. The number of pyridine rings is 1. The van der Waals surface area contributed by atoms with E-state index >= 15 is 0 Å². The molecule has 1 aromatic heterocycles. The van der Waals surface area contributed by atoms with E-state index in [2.05, 4.69) is 4.98 Å². The standard InChI is InChI=1S/C17H21FN2O/c1-5-15-16(7-6-11(3)20-15)21-17-8-10(2)14(18)9-13(17)12(4)19/h6-9,12H,5,19H2,1-4H3. The van der Waals surface area contributed by atoms with Gasteiger partial charge in [-0.3, -0.25) is 4.98 Å². The lowest BCUT2D eigenvalue weighted by molar-refractivity contribution is 0.459. The highest BCUT2D eigenvalue weighted by atomic mass is 19.1. The van der Waals surface area contributed by atoms with Crippen molar-refractivity contribution in [2.75, 3.05) is 0 Å². The highest BCUT2D eigenvalue weighted by Crippen LogP contribution is 2.32. The second-order valence-electron chi connectivity index (χ2n) is 5.28. The van der Waals surface area contributed by atoms with Crippen molar-refractivity contribution >= 4 is 0 Å². The van der Waals surface area contributed by atoms with Gasteiger partial charge in [-0.1, -0.05) is 6.92 Å². The third-order valence-electron chi connectivity index (χ3n) is 3.41. The molecule has 21 heavy (non-hydrogen) atoms. The minimum atomic E-state index is -0.307. The Kier molecular flexibility index (Phi) is 4.58. The van der Waals surface area contributed by atoms with E-state index in [0.717, 1.165) is 17.8 Å². The van der Waals surface area contributed by atoms with Crippen LogP contribution >= 0.6 is 0 Å². The highest BCUT2D eigenvalue weighted by molar-refractivity contribution is 5.43. The molecule has 0 aliphatic heterocycles. The van der Waals surface area contributed by atoms with Crippen LogP contribution in [-0.2, 0) is 6.42 Å². The number of ether oxygens (including phenoxy) is 1. The second kappa shape index (κ2) is 6.22. The van der Waals surface area contributed by atoms with Gasteiger partial charge >= 0.3 is 0 Å². The van der Waals surface area contributed by atoms with Gasteiger partial charge in [-0.2, -0.15) is 0 Å². The van der Waals surface area contributed by atoms with Gasteiger partial charge in [0.15, 0.2) is 0 Å². The molecule has 2 aromatic rings. The molecule has 2 N–H and O–H groups in total. The fraction of sp³-hybridized carbons (Fsp3) is 0.353. The maximum Gasteiger partial charge on any atom is 0.148 e. The summed E-state index contributed by atoms with van der Waals surface area (Å²) in [6.07, 6.45) is 0.769. The Morgan fingerprint density at radius 1 is 1.24 bits per heavy atom. The molecule has 0 saturated heterocycles. The van der Waals surface area contributed by atoms with Gasteiger partial charge in [-0.15, -0.1) is 0 Å². The number of hydrogen-bond acceptors (Lipinski definition) is 3. The molecule has 0 saturated carbocycles. The number of aryl methyl sites for hydroxylation is 3. The van der Waals surface area contributed by atoms with Crippen molar-refractivity contribution in [3.8, 4) is 11.5 Å². The molecule has 2 rings (SSSR count).